The minimum atomic E-state index is -0.963. The third-order valence-electron chi connectivity index (χ3n) is 6.75. The maximum Gasteiger partial charge on any atom is 0.159 e. The Morgan fingerprint density at radius 3 is 1.83 bits per heavy atom. The van der Waals surface area contributed by atoms with Crippen molar-refractivity contribution in [3.05, 3.63) is 66.5 Å². The van der Waals surface area contributed by atoms with E-state index in [9.17, 15) is 4.39 Å². The number of hydrogen-bond donors (Lipinski definition) is 0. The molecule has 2 aromatic carbocycles. The van der Waals surface area contributed by atoms with Crippen molar-refractivity contribution in [1.82, 2.24) is 9.97 Å². The molecule has 36 heavy (non-hydrogen) atoms. The highest BCUT2D eigenvalue weighted by Crippen LogP contribution is 2.24. The van der Waals surface area contributed by atoms with Gasteiger partial charge in [-0.05, 0) is 42.0 Å². The van der Waals surface area contributed by atoms with Gasteiger partial charge in [-0.15, -0.1) is 0 Å². The molecule has 3 rings (SSSR count). The molecule has 1 heterocycles. The lowest BCUT2D eigenvalue weighted by Crippen LogP contribution is -2.18. The molecule has 3 nitrogen and oxygen atoms in total. The molecule has 0 aliphatic carbocycles. The van der Waals surface area contributed by atoms with Crippen molar-refractivity contribution in [2.75, 3.05) is 6.61 Å². The lowest BCUT2D eigenvalue weighted by molar-refractivity contribution is 0.155. The first-order chi connectivity index (χ1) is 17.6. The second-order valence-electron chi connectivity index (χ2n) is 10.2. The molecule has 1 aromatic heterocycles. The van der Waals surface area contributed by atoms with Crippen LogP contribution in [-0.4, -0.2) is 22.7 Å². The minimum absolute atomic E-state index is 0.0455. The van der Waals surface area contributed by atoms with Crippen LogP contribution in [0.3, 0.4) is 0 Å². The Morgan fingerprint density at radius 2 is 1.25 bits per heavy atom. The van der Waals surface area contributed by atoms with E-state index in [4.69, 9.17) is 4.74 Å². The number of benzene rings is 2. The lowest BCUT2D eigenvalue weighted by Gasteiger charge is -2.13. The first-order valence-electron chi connectivity index (χ1n) is 13.9. The second kappa shape index (κ2) is 15.4. The van der Waals surface area contributed by atoms with Gasteiger partial charge in [0.1, 0.15) is 18.5 Å². The predicted octanol–water partition coefficient (Wildman–Crippen LogP) is 9.26. The standard InChI is InChI=1S/C32H43FN2O/c1-4-5-6-7-8-9-10-11-12-13-26-14-16-28(17-15-26)32-34-22-29(23-35-32)27-18-20-30(21-19-27)36-24-31(33)25(2)3/h14-23,25,31H,4-13,24H2,1-3H3. The van der Waals surface area contributed by atoms with Gasteiger partial charge in [-0.1, -0.05) is 109 Å². The maximum absolute atomic E-state index is 13.7. The van der Waals surface area contributed by atoms with E-state index in [-0.39, 0.29) is 12.5 Å². The van der Waals surface area contributed by atoms with Crippen molar-refractivity contribution in [2.45, 2.75) is 91.2 Å². The van der Waals surface area contributed by atoms with Crippen LogP contribution in [0.1, 0.15) is 84.1 Å². The highest BCUT2D eigenvalue weighted by molar-refractivity contribution is 5.64. The van der Waals surface area contributed by atoms with E-state index in [1.54, 1.807) is 0 Å². The minimum Gasteiger partial charge on any atom is -0.491 e. The Bertz CT molecular complexity index is 984. The van der Waals surface area contributed by atoms with Gasteiger partial charge in [0.25, 0.3) is 0 Å². The molecule has 194 valence electrons. The summed E-state index contributed by atoms with van der Waals surface area (Å²) in [6.45, 7) is 6.06. The molecule has 0 fully saturated rings. The fraction of sp³-hybridized carbons (Fsp3) is 0.500. The monoisotopic (exact) mass is 490 g/mol. The van der Waals surface area contributed by atoms with Gasteiger partial charge >= 0.3 is 0 Å². The largest absolute Gasteiger partial charge is 0.491 e. The zero-order chi connectivity index (χ0) is 25.6. The summed E-state index contributed by atoms with van der Waals surface area (Å²) in [7, 11) is 0. The number of halogens is 1. The van der Waals surface area contributed by atoms with Crippen LogP contribution in [-0.2, 0) is 6.42 Å². The van der Waals surface area contributed by atoms with E-state index in [1.807, 2.05) is 50.5 Å². The van der Waals surface area contributed by atoms with Crippen molar-refractivity contribution in [3.8, 4) is 28.3 Å². The molecule has 0 amide bonds. The van der Waals surface area contributed by atoms with Crippen molar-refractivity contribution in [2.24, 2.45) is 5.92 Å². The zero-order valence-electron chi connectivity index (χ0n) is 22.4. The van der Waals surface area contributed by atoms with Gasteiger partial charge in [0.15, 0.2) is 5.82 Å². The van der Waals surface area contributed by atoms with E-state index in [0.29, 0.717) is 5.75 Å². The van der Waals surface area contributed by atoms with Crippen LogP contribution in [0.4, 0.5) is 4.39 Å². The summed E-state index contributed by atoms with van der Waals surface area (Å²) in [4.78, 5) is 9.17. The number of aromatic nitrogens is 2. The first-order valence-corrected chi connectivity index (χ1v) is 13.9. The molecule has 0 saturated carbocycles. The second-order valence-corrected chi connectivity index (χ2v) is 10.2. The molecule has 0 saturated heterocycles. The van der Waals surface area contributed by atoms with Crippen LogP contribution in [0.5, 0.6) is 5.75 Å². The normalized spacial score (nSPS) is 12.1. The molecule has 0 aliphatic rings. The van der Waals surface area contributed by atoms with Gasteiger partial charge < -0.3 is 4.74 Å². The molecule has 0 N–H and O–H groups in total. The van der Waals surface area contributed by atoms with Gasteiger partial charge in [-0.25, -0.2) is 14.4 Å². The number of alkyl halides is 1. The van der Waals surface area contributed by atoms with Crippen LogP contribution in [0.25, 0.3) is 22.5 Å². The summed E-state index contributed by atoms with van der Waals surface area (Å²) in [5.74, 6) is 1.36. The Labute approximate surface area is 217 Å². The fourth-order valence-corrected chi connectivity index (χ4v) is 4.20. The van der Waals surface area contributed by atoms with Crippen LogP contribution in [0, 0.1) is 5.92 Å². The molecule has 4 heteroatoms. The summed E-state index contributed by atoms with van der Waals surface area (Å²) in [5.41, 5.74) is 4.36. The van der Waals surface area contributed by atoms with Crippen molar-refractivity contribution in [1.29, 1.82) is 0 Å². The Hall–Kier alpha value is -2.75. The Morgan fingerprint density at radius 1 is 0.694 bits per heavy atom. The summed E-state index contributed by atoms with van der Waals surface area (Å²) < 4.78 is 19.3. The van der Waals surface area contributed by atoms with Crippen LogP contribution in [0.2, 0.25) is 0 Å². The maximum atomic E-state index is 13.7. The third kappa shape index (κ3) is 9.37. The van der Waals surface area contributed by atoms with E-state index in [2.05, 4.69) is 41.2 Å². The first kappa shape index (κ1) is 27.8. The number of hydrogen-bond acceptors (Lipinski definition) is 3. The van der Waals surface area contributed by atoms with E-state index in [0.717, 1.165) is 28.9 Å². The molecule has 0 bridgehead atoms. The van der Waals surface area contributed by atoms with Crippen molar-refractivity contribution >= 4 is 0 Å². The third-order valence-corrected chi connectivity index (χ3v) is 6.75. The summed E-state index contributed by atoms with van der Waals surface area (Å²) in [6, 6.07) is 16.3. The van der Waals surface area contributed by atoms with Gasteiger partial charge in [0.2, 0.25) is 0 Å². The van der Waals surface area contributed by atoms with Crippen molar-refractivity contribution < 1.29 is 9.13 Å². The van der Waals surface area contributed by atoms with Crippen LogP contribution < -0.4 is 4.74 Å². The smallest absolute Gasteiger partial charge is 0.159 e. The molecule has 3 aromatic rings. The Balaban J connectivity index is 1.43. The summed E-state index contributed by atoms with van der Waals surface area (Å²) in [6.07, 6.45) is 16.1. The molecule has 1 atom stereocenters. The molecule has 0 aliphatic heterocycles. The molecule has 0 spiro atoms. The number of ether oxygens (including phenoxy) is 1. The zero-order valence-corrected chi connectivity index (χ0v) is 22.4. The topological polar surface area (TPSA) is 35.0 Å². The molecule has 1 unspecified atom stereocenters. The fourth-order valence-electron chi connectivity index (χ4n) is 4.20. The number of unbranched alkanes of at least 4 members (excludes halogenated alkanes) is 8. The van der Waals surface area contributed by atoms with Gasteiger partial charge in [0, 0.05) is 23.5 Å². The number of nitrogens with zero attached hydrogens (tertiary/aromatic N) is 2. The molecular weight excluding hydrogens is 447 g/mol. The number of aryl methyl sites for hydroxylation is 1. The van der Waals surface area contributed by atoms with Gasteiger partial charge in [0.05, 0.1) is 0 Å². The predicted molar refractivity (Wildman–Crippen MR) is 149 cm³/mol. The highest BCUT2D eigenvalue weighted by Gasteiger charge is 2.12. The lowest BCUT2D eigenvalue weighted by atomic mass is 10.0. The highest BCUT2D eigenvalue weighted by atomic mass is 19.1. The van der Waals surface area contributed by atoms with Gasteiger partial charge in [-0.3, -0.25) is 0 Å². The van der Waals surface area contributed by atoms with Gasteiger partial charge in [-0.2, -0.15) is 0 Å². The average Bonchev–Trinajstić information content (AvgIpc) is 2.91. The van der Waals surface area contributed by atoms with Crippen molar-refractivity contribution in [3.63, 3.8) is 0 Å². The quantitative estimate of drug-likeness (QED) is 0.188. The molecular formula is C32H43FN2O. The average molecular weight is 491 g/mol. The summed E-state index contributed by atoms with van der Waals surface area (Å²) in [5, 5.41) is 0. The number of rotatable bonds is 16. The van der Waals surface area contributed by atoms with Crippen LogP contribution in [0.15, 0.2) is 60.9 Å². The van der Waals surface area contributed by atoms with E-state index < -0.39 is 6.17 Å². The van der Waals surface area contributed by atoms with E-state index in [1.165, 1.54) is 63.4 Å². The Kier molecular flexibility index (Phi) is 11.9. The SMILES string of the molecule is CCCCCCCCCCCc1ccc(-c2ncc(-c3ccc(OCC(F)C(C)C)cc3)cn2)cc1. The summed E-state index contributed by atoms with van der Waals surface area (Å²) >= 11 is 0. The van der Waals surface area contributed by atoms with Crippen LogP contribution >= 0.6 is 0 Å². The molecule has 0 radical (unpaired) electrons. The van der Waals surface area contributed by atoms with E-state index >= 15 is 0 Å².